The van der Waals surface area contributed by atoms with Gasteiger partial charge in [-0.2, -0.15) is 0 Å². The van der Waals surface area contributed by atoms with Crippen LogP contribution in [0.4, 0.5) is 4.39 Å². The number of benzene rings is 1. The third-order valence-electron chi connectivity index (χ3n) is 2.40. The number of amides is 1. The average Bonchev–Trinajstić information content (AvgIpc) is 2.27. The van der Waals surface area contributed by atoms with Crippen molar-refractivity contribution in [2.75, 3.05) is 21.2 Å². The molecule has 0 heterocycles. The molecule has 0 aliphatic carbocycles. The Bertz CT molecular complexity index is 407. The molecule has 0 fully saturated rings. The molecule has 0 saturated heterocycles. The molecule has 1 N–H and O–H groups in total. The van der Waals surface area contributed by atoms with E-state index in [1.54, 1.807) is 32.1 Å². The van der Waals surface area contributed by atoms with E-state index in [-0.39, 0.29) is 11.7 Å². The van der Waals surface area contributed by atoms with E-state index >= 15 is 0 Å². The molecule has 0 bridgehead atoms. The topological polar surface area (TPSA) is 41.6 Å². The lowest BCUT2D eigenvalue weighted by atomic mass is 10.0. The number of rotatable bonds is 4. The number of hydrazine groups is 1. The monoisotopic (exact) mass is 240 g/mol. The van der Waals surface area contributed by atoms with Crippen molar-refractivity contribution in [3.63, 3.8) is 0 Å². The maximum absolute atomic E-state index is 13.5. The summed E-state index contributed by atoms with van der Waals surface area (Å²) in [5.74, 6) is -0.888. The molecule has 94 valence electrons. The third kappa shape index (κ3) is 3.42. The fraction of sp³-hybridized carbons (Fsp3) is 0.417. The van der Waals surface area contributed by atoms with Gasteiger partial charge in [0.15, 0.2) is 11.6 Å². The lowest BCUT2D eigenvalue weighted by molar-refractivity contribution is -0.125. The van der Waals surface area contributed by atoms with E-state index in [0.717, 1.165) is 0 Å². The molecule has 1 atom stereocenters. The summed E-state index contributed by atoms with van der Waals surface area (Å²) in [7, 11) is 4.85. The van der Waals surface area contributed by atoms with Crippen molar-refractivity contribution in [3.8, 4) is 5.75 Å². The molecule has 0 spiro atoms. The molecule has 0 aromatic heterocycles. The summed E-state index contributed by atoms with van der Waals surface area (Å²) in [4.78, 5) is 11.7. The van der Waals surface area contributed by atoms with E-state index in [9.17, 15) is 9.18 Å². The minimum absolute atomic E-state index is 0.175. The highest BCUT2D eigenvalue weighted by Crippen LogP contribution is 2.22. The fourth-order valence-corrected chi connectivity index (χ4v) is 1.42. The SMILES string of the molecule is COc1ccc(C(C)C(=O)NN(C)C)cc1F. The van der Waals surface area contributed by atoms with Crippen LogP contribution < -0.4 is 10.2 Å². The first-order valence-corrected chi connectivity index (χ1v) is 5.27. The van der Waals surface area contributed by atoms with Crippen LogP contribution in [0, 0.1) is 5.82 Å². The smallest absolute Gasteiger partial charge is 0.241 e. The zero-order chi connectivity index (χ0) is 13.0. The number of methoxy groups -OCH3 is 1. The average molecular weight is 240 g/mol. The van der Waals surface area contributed by atoms with Gasteiger partial charge in [-0.3, -0.25) is 10.2 Å². The normalized spacial score (nSPS) is 12.4. The molecule has 1 aromatic rings. The fourth-order valence-electron chi connectivity index (χ4n) is 1.42. The number of hydrogen-bond acceptors (Lipinski definition) is 3. The molecular formula is C12H17FN2O2. The quantitative estimate of drug-likeness (QED) is 0.811. The molecule has 1 unspecified atom stereocenters. The summed E-state index contributed by atoms with van der Waals surface area (Å²) in [5.41, 5.74) is 3.24. The van der Waals surface area contributed by atoms with Crippen molar-refractivity contribution in [2.45, 2.75) is 12.8 Å². The Morgan fingerprint density at radius 1 is 1.47 bits per heavy atom. The zero-order valence-electron chi connectivity index (χ0n) is 10.5. The summed E-state index contributed by atoms with van der Waals surface area (Å²) in [6.45, 7) is 1.72. The molecule has 0 radical (unpaired) electrons. The Morgan fingerprint density at radius 3 is 2.59 bits per heavy atom. The summed E-state index contributed by atoms with van der Waals surface area (Å²) in [5, 5.41) is 1.55. The van der Waals surface area contributed by atoms with Crippen LogP contribution in [-0.4, -0.2) is 32.1 Å². The van der Waals surface area contributed by atoms with E-state index in [0.29, 0.717) is 5.56 Å². The summed E-state index contributed by atoms with van der Waals surface area (Å²) in [6, 6.07) is 4.52. The molecule has 1 rings (SSSR count). The standard InChI is InChI=1S/C12H17FN2O2/c1-8(12(16)14-15(2)3)9-5-6-11(17-4)10(13)7-9/h5-8H,1-4H3,(H,14,16). The van der Waals surface area contributed by atoms with Crippen LogP contribution in [0.5, 0.6) is 5.75 Å². The number of ether oxygens (including phenoxy) is 1. The first-order chi connectivity index (χ1) is 7.95. The molecule has 1 amide bonds. The number of nitrogens with zero attached hydrogens (tertiary/aromatic N) is 1. The van der Waals surface area contributed by atoms with Crippen LogP contribution >= 0.6 is 0 Å². The van der Waals surface area contributed by atoms with Crippen molar-refractivity contribution in [3.05, 3.63) is 29.6 Å². The van der Waals surface area contributed by atoms with Crippen LogP contribution in [0.3, 0.4) is 0 Å². The van der Waals surface area contributed by atoms with Gasteiger partial charge in [0, 0.05) is 14.1 Å². The van der Waals surface area contributed by atoms with Gasteiger partial charge in [-0.15, -0.1) is 0 Å². The van der Waals surface area contributed by atoms with Gasteiger partial charge >= 0.3 is 0 Å². The second-order valence-electron chi connectivity index (χ2n) is 3.99. The highest BCUT2D eigenvalue weighted by molar-refractivity contribution is 5.82. The Kier molecular flexibility index (Phi) is 4.45. The van der Waals surface area contributed by atoms with E-state index in [1.165, 1.54) is 19.2 Å². The molecule has 0 aliphatic rings. The van der Waals surface area contributed by atoms with Crippen LogP contribution in [0.2, 0.25) is 0 Å². The van der Waals surface area contributed by atoms with Gasteiger partial charge in [0.1, 0.15) is 0 Å². The first kappa shape index (κ1) is 13.4. The molecule has 4 nitrogen and oxygen atoms in total. The highest BCUT2D eigenvalue weighted by atomic mass is 19.1. The number of hydrogen-bond donors (Lipinski definition) is 1. The maximum atomic E-state index is 13.5. The summed E-state index contributed by atoms with van der Waals surface area (Å²) >= 11 is 0. The molecule has 17 heavy (non-hydrogen) atoms. The van der Waals surface area contributed by atoms with Gasteiger partial charge < -0.3 is 4.74 Å². The van der Waals surface area contributed by atoms with Gasteiger partial charge in [-0.25, -0.2) is 9.40 Å². The Hall–Kier alpha value is -1.62. The van der Waals surface area contributed by atoms with Crippen LogP contribution in [0.15, 0.2) is 18.2 Å². The second kappa shape index (κ2) is 5.63. The number of nitrogens with one attached hydrogen (secondary N) is 1. The molecule has 0 saturated carbocycles. The van der Waals surface area contributed by atoms with E-state index in [4.69, 9.17) is 4.74 Å². The van der Waals surface area contributed by atoms with Crippen molar-refractivity contribution in [1.82, 2.24) is 10.4 Å². The van der Waals surface area contributed by atoms with Gasteiger partial charge in [0.2, 0.25) is 5.91 Å². The predicted octanol–water partition coefficient (Wildman–Crippen LogP) is 1.53. The molecule has 5 heteroatoms. The number of halogens is 1. The van der Waals surface area contributed by atoms with Crippen molar-refractivity contribution >= 4 is 5.91 Å². The van der Waals surface area contributed by atoms with Crippen LogP contribution in [0.25, 0.3) is 0 Å². The van der Waals surface area contributed by atoms with Gasteiger partial charge in [-0.05, 0) is 24.6 Å². The first-order valence-electron chi connectivity index (χ1n) is 5.27. The van der Waals surface area contributed by atoms with E-state index in [1.807, 2.05) is 0 Å². The van der Waals surface area contributed by atoms with Crippen LogP contribution in [-0.2, 0) is 4.79 Å². The highest BCUT2D eigenvalue weighted by Gasteiger charge is 2.17. The second-order valence-corrected chi connectivity index (χ2v) is 3.99. The van der Waals surface area contributed by atoms with Crippen molar-refractivity contribution in [1.29, 1.82) is 0 Å². The maximum Gasteiger partial charge on any atom is 0.241 e. The van der Waals surface area contributed by atoms with Gasteiger partial charge in [0.05, 0.1) is 13.0 Å². The zero-order valence-corrected chi connectivity index (χ0v) is 10.5. The Labute approximate surface area is 100 Å². The number of carbonyl (C=O) groups is 1. The van der Waals surface area contributed by atoms with Gasteiger partial charge in [0.25, 0.3) is 0 Å². The molecular weight excluding hydrogens is 223 g/mol. The molecule has 0 aliphatic heterocycles. The lowest BCUT2D eigenvalue weighted by Gasteiger charge is -2.17. The van der Waals surface area contributed by atoms with E-state index < -0.39 is 11.7 Å². The number of carbonyl (C=O) groups excluding carboxylic acids is 1. The largest absolute Gasteiger partial charge is 0.494 e. The summed E-state index contributed by atoms with van der Waals surface area (Å²) in [6.07, 6.45) is 0. The lowest BCUT2D eigenvalue weighted by Crippen LogP contribution is -2.38. The van der Waals surface area contributed by atoms with Gasteiger partial charge in [-0.1, -0.05) is 6.07 Å². The van der Waals surface area contributed by atoms with Crippen LogP contribution in [0.1, 0.15) is 18.4 Å². The van der Waals surface area contributed by atoms with E-state index in [2.05, 4.69) is 5.43 Å². The third-order valence-corrected chi connectivity index (χ3v) is 2.40. The van der Waals surface area contributed by atoms with Crippen molar-refractivity contribution < 1.29 is 13.9 Å². The Balaban J connectivity index is 2.85. The summed E-state index contributed by atoms with van der Waals surface area (Å²) < 4.78 is 18.3. The van der Waals surface area contributed by atoms with Crippen molar-refractivity contribution in [2.24, 2.45) is 0 Å². The predicted molar refractivity (Wildman–Crippen MR) is 63.2 cm³/mol. The minimum atomic E-state index is -0.463. The Morgan fingerprint density at radius 2 is 2.12 bits per heavy atom. The molecule has 1 aromatic carbocycles. The minimum Gasteiger partial charge on any atom is -0.494 e.